The standard InChI is InChI=1S/C20H21N5O2/c1-13-19(14(2)27-24-13)18-9-17(22-12-23-18)8-15-5-7-25(11-15)20(26)16-4-3-6-21-10-16/h3-4,6,9-10,12,15H,5,7-8,11H2,1-2H3/t15-/m1/s1. The van der Waals surface area contributed by atoms with E-state index >= 15 is 0 Å². The first-order valence-corrected chi connectivity index (χ1v) is 9.05. The Bertz CT molecular complexity index is 935. The van der Waals surface area contributed by atoms with Gasteiger partial charge in [0.2, 0.25) is 0 Å². The van der Waals surface area contributed by atoms with E-state index in [-0.39, 0.29) is 5.91 Å². The summed E-state index contributed by atoms with van der Waals surface area (Å²) >= 11 is 0. The Labute approximate surface area is 157 Å². The third kappa shape index (κ3) is 3.58. The minimum atomic E-state index is 0.0460. The minimum absolute atomic E-state index is 0.0460. The van der Waals surface area contributed by atoms with Crippen LogP contribution in [0.3, 0.4) is 0 Å². The lowest BCUT2D eigenvalue weighted by Crippen LogP contribution is -2.29. The van der Waals surface area contributed by atoms with Gasteiger partial charge in [0, 0.05) is 31.2 Å². The van der Waals surface area contributed by atoms with E-state index in [1.54, 1.807) is 24.8 Å². The van der Waals surface area contributed by atoms with Gasteiger partial charge in [-0.2, -0.15) is 0 Å². The van der Waals surface area contributed by atoms with Gasteiger partial charge in [-0.3, -0.25) is 9.78 Å². The Morgan fingerprint density at radius 1 is 1.33 bits per heavy atom. The number of nitrogens with zero attached hydrogens (tertiary/aromatic N) is 5. The van der Waals surface area contributed by atoms with Crippen molar-refractivity contribution in [2.75, 3.05) is 13.1 Å². The van der Waals surface area contributed by atoms with Crippen molar-refractivity contribution in [3.8, 4) is 11.3 Å². The van der Waals surface area contributed by atoms with E-state index in [0.29, 0.717) is 11.5 Å². The summed E-state index contributed by atoms with van der Waals surface area (Å²) in [5.74, 6) is 1.19. The fourth-order valence-electron chi connectivity index (χ4n) is 3.65. The van der Waals surface area contributed by atoms with Crippen LogP contribution in [0.25, 0.3) is 11.3 Å². The average molecular weight is 363 g/mol. The fourth-order valence-corrected chi connectivity index (χ4v) is 3.65. The van der Waals surface area contributed by atoms with Crippen LogP contribution < -0.4 is 0 Å². The number of aromatic nitrogens is 4. The zero-order valence-corrected chi connectivity index (χ0v) is 15.4. The molecule has 4 heterocycles. The molecule has 27 heavy (non-hydrogen) atoms. The molecule has 0 aromatic carbocycles. The third-order valence-electron chi connectivity index (χ3n) is 4.99. The first-order chi connectivity index (χ1) is 13.1. The van der Waals surface area contributed by atoms with Crippen molar-refractivity contribution in [2.24, 2.45) is 5.92 Å². The summed E-state index contributed by atoms with van der Waals surface area (Å²) in [7, 11) is 0. The molecule has 3 aromatic rings. The molecule has 1 atom stereocenters. The molecular formula is C20H21N5O2. The summed E-state index contributed by atoms with van der Waals surface area (Å²) in [6.07, 6.45) is 6.67. The van der Waals surface area contributed by atoms with E-state index in [0.717, 1.165) is 54.3 Å². The lowest BCUT2D eigenvalue weighted by molar-refractivity contribution is 0.0786. The fraction of sp³-hybridized carbons (Fsp3) is 0.350. The average Bonchev–Trinajstić information content (AvgIpc) is 3.28. The van der Waals surface area contributed by atoms with Gasteiger partial charge in [-0.1, -0.05) is 5.16 Å². The molecule has 4 rings (SSSR count). The molecule has 3 aromatic heterocycles. The van der Waals surface area contributed by atoms with Gasteiger partial charge in [0.1, 0.15) is 12.1 Å². The normalized spacial score (nSPS) is 16.7. The number of hydrogen-bond donors (Lipinski definition) is 0. The summed E-state index contributed by atoms with van der Waals surface area (Å²) in [4.78, 5) is 27.3. The second kappa shape index (κ2) is 7.26. The van der Waals surface area contributed by atoms with E-state index in [4.69, 9.17) is 4.52 Å². The predicted molar refractivity (Wildman–Crippen MR) is 99.0 cm³/mol. The molecule has 7 heteroatoms. The van der Waals surface area contributed by atoms with Gasteiger partial charge in [-0.15, -0.1) is 0 Å². The second-order valence-electron chi connectivity index (χ2n) is 6.95. The van der Waals surface area contributed by atoms with E-state index in [1.807, 2.05) is 30.9 Å². The topological polar surface area (TPSA) is 85.0 Å². The minimum Gasteiger partial charge on any atom is -0.361 e. The van der Waals surface area contributed by atoms with Crippen LogP contribution in [0.4, 0.5) is 0 Å². The van der Waals surface area contributed by atoms with Crippen molar-refractivity contribution in [2.45, 2.75) is 26.7 Å². The molecule has 1 saturated heterocycles. The molecule has 1 aliphatic heterocycles. The maximum Gasteiger partial charge on any atom is 0.255 e. The molecule has 0 radical (unpaired) electrons. The maximum atomic E-state index is 12.6. The van der Waals surface area contributed by atoms with Crippen LogP contribution in [0.1, 0.15) is 33.9 Å². The van der Waals surface area contributed by atoms with Crippen molar-refractivity contribution < 1.29 is 9.32 Å². The van der Waals surface area contributed by atoms with E-state index in [2.05, 4.69) is 20.1 Å². The van der Waals surface area contributed by atoms with E-state index in [9.17, 15) is 4.79 Å². The van der Waals surface area contributed by atoms with Gasteiger partial charge in [0.15, 0.2) is 0 Å². The van der Waals surface area contributed by atoms with Crippen LogP contribution >= 0.6 is 0 Å². The molecule has 0 unspecified atom stereocenters. The molecule has 0 N–H and O–H groups in total. The summed E-state index contributed by atoms with van der Waals surface area (Å²) in [5.41, 5.74) is 4.20. The summed E-state index contributed by atoms with van der Waals surface area (Å²) in [6, 6.07) is 5.60. The summed E-state index contributed by atoms with van der Waals surface area (Å²) in [6.45, 7) is 5.29. The van der Waals surface area contributed by atoms with E-state index < -0.39 is 0 Å². The molecule has 1 amide bonds. The molecule has 7 nitrogen and oxygen atoms in total. The molecule has 0 saturated carbocycles. The quantitative estimate of drug-likeness (QED) is 0.709. The smallest absolute Gasteiger partial charge is 0.255 e. The molecular weight excluding hydrogens is 342 g/mol. The van der Waals surface area contributed by atoms with Crippen LogP contribution in [0.2, 0.25) is 0 Å². The number of likely N-dealkylation sites (tertiary alicyclic amines) is 1. The number of amides is 1. The Kier molecular flexibility index (Phi) is 4.66. The molecule has 0 bridgehead atoms. The number of carbonyl (C=O) groups excluding carboxylic acids is 1. The Balaban J connectivity index is 1.45. The number of carbonyl (C=O) groups is 1. The third-order valence-corrected chi connectivity index (χ3v) is 4.99. The lowest BCUT2D eigenvalue weighted by Gasteiger charge is -2.16. The van der Waals surface area contributed by atoms with Crippen molar-refractivity contribution >= 4 is 5.91 Å². The highest BCUT2D eigenvalue weighted by molar-refractivity contribution is 5.94. The molecule has 1 aliphatic rings. The van der Waals surface area contributed by atoms with Crippen molar-refractivity contribution in [1.29, 1.82) is 0 Å². The van der Waals surface area contributed by atoms with Crippen LogP contribution in [0.15, 0.2) is 41.4 Å². The van der Waals surface area contributed by atoms with Gasteiger partial charge in [0.05, 0.1) is 22.5 Å². The predicted octanol–water partition coefficient (Wildman–Crippen LogP) is 2.85. The molecule has 138 valence electrons. The first kappa shape index (κ1) is 17.3. The van der Waals surface area contributed by atoms with Crippen LogP contribution in [0.5, 0.6) is 0 Å². The van der Waals surface area contributed by atoms with Gasteiger partial charge in [-0.05, 0) is 50.8 Å². The SMILES string of the molecule is Cc1noc(C)c1-c1cc(C[C@H]2CCN(C(=O)c3cccnc3)C2)ncn1. The Hall–Kier alpha value is -3.09. The summed E-state index contributed by atoms with van der Waals surface area (Å²) in [5, 5.41) is 4.00. The van der Waals surface area contributed by atoms with Crippen molar-refractivity contribution in [3.05, 3.63) is 59.6 Å². The summed E-state index contributed by atoms with van der Waals surface area (Å²) < 4.78 is 5.25. The van der Waals surface area contributed by atoms with Crippen LogP contribution in [0, 0.1) is 19.8 Å². The van der Waals surface area contributed by atoms with Gasteiger partial charge in [0.25, 0.3) is 5.91 Å². The zero-order valence-electron chi connectivity index (χ0n) is 15.4. The monoisotopic (exact) mass is 363 g/mol. The molecule has 0 spiro atoms. The van der Waals surface area contributed by atoms with Crippen LogP contribution in [-0.4, -0.2) is 44.0 Å². The number of aryl methyl sites for hydroxylation is 2. The zero-order chi connectivity index (χ0) is 18.8. The molecule has 0 aliphatic carbocycles. The lowest BCUT2D eigenvalue weighted by atomic mass is 10.0. The number of rotatable bonds is 4. The van der Waals surface area contributed by atoms with Gasteiger partial charge in [-0.25, -0.2) is 9.97 Å². The van der Waals surface area contributed by atoms with Crippen molar-refractivity contribution in [3.63, 3.8) is 0 Å². The molecule has 1 fully saturated rings. The first-order valence-electron chi connectivity index (χ1n) is 9.05. The van der Waals surface area contributed by atoms with Gasteiger partial charge >= 0.3 is 0 Å². The van der Waals surface area contributed by atoms with Crippen molar-refractivity contribution in [1.82, 2.24) is 25.0 Å². The number of pyridine rings is 1. The van der Waals surface area contributed by atoms with Crippen LogP contribution in [-0.2, 0) is 6.42 Å². The largest absolute Gasteiger partial charge is 0.361 e. The number of hydrogen-bond acceptors (Lipinski definition) is 6. The Morgan fingerprint density at radius 3 is 2.96 bits per heavy atom. The highest BCUT2D eigenvalue weighted by Gasteiger charge is 2.27. The highest BCUT2D eigenvalue weighted by atomic mass is 16.5. The second-order valence-corrected chi connectivity index (χ2v) is 6.95. The Morgan fingerprint density at radius 2 is 2.22 bits per heavy atom. The van der Waals surface area contributed by atoms with Gasteiger partial charge < -0.3 is 9.42 Å². The van der Waals surface area contributed by atoms with E-state index in [1.165, 1.54) is 0 Å². The maximum absolute atomic E-state index is 12.6. The highest BCUT2D eigenvalue weighted by Crippen LogP contribution is 2.27.